The van der Waals surface area contributed by atoms with E-state index in [4.69, 9.17) is 9.05 Å². The third-order valence-electron chi connectivity index (χ3n) is 0.719. The molecule has 0 heterocycles. The smallest absolute Gasteiger partial charge is 0.383 e. The van der Waals surface area contributed by atoms with Crippen molar-refractivity contribution in [1.82, 2.24) is 0 Å². The van der Waals surface area contributed by atoms with Crippen LogP contribution < -0.4 is 0 Å². The SMILES string of the molecule is [BH3-][N+](C)(C)O[SiH](C)O[N+]([BH3-])(C)C. The molecule has 74 valence electrons. The van der Waals surface area contributed by atoms with E-state index in [0.29, 0.717) is 0 Å². The van der Waals surface area contributed by atoms with E-state index in [9.17, 15) is 0 Å². The predicted octanol–water partition coefficient (Wildman–Crippen LogP) is -2.59. The first-order valence-corrected chi connectivity index (χ1v) is 5.30. The second kappa shape index (κ2) is 3.93. The van der Waals surface area contributed by atoms with Gasteiger partial charge in [0.2, 0.25) is 0 Å². The minimum Gasteiger partial charge on any atom is -0.383 e. The van der Waals surface area contributed by atoms with Crippen LogP contribution in [-0.4, -0.2) is 62.6 Å². The summed E-state index contributed by atoms with van der Waals surface area (Å²) in [6.45, 7) is 2.11. The second-order valence-electron chi connectivity index (χ2n) is 2.40. The van der Waals surface area contributed by atoms with Crippen molar-refractivity contribution in [2.24, 2.45) is 0 Å². The Bertz CT molecular complexity index is 129. The van der Waals surface area contributed by atoms with Gasteiger partial charge in [0.25, 0.3) is 0 Å². The third kappa shape index (κ3) is 8.28. The number of quaternary nitrogens is 2. The van der Waals surface area contributed by atoms with E-state index in [0.717, 1.165) is 9.11 Å². The van der Waals surface area contributed by atoms with Crippen LogP contribution in [0.3, 0.4) is 0 Å². The van der Waals surface area contributed by atoms with Gasteiger partial charge in [-0.3, -0.25) is 9.05 Å². The summed E-state index contributed by atoms with van der Waals surface area (Å²) in [5.74, 6) is 0. The Labute approximate surface area is 78.8 Å². The van der Waals surface area contributed by atoms with Crippen LogP contribution in [0, 0.1) is 0 Å². The summed E-state index contributed by atoms with van der Waals surface area (Å²) in [6, 6.07) is 0. The van der Waals surface area contributed by atoms with Crippen LogP contribution in [0.25, 0.3) is 0 Å². The first-order valence-electron chi connectivity index (χ1n) is 3.20. The lowest BCUT2D eigenvalue weighted by molar-refractivity contribution is -0.988. The number of hydrogen-bond donors (Lipinski definition) is 0. The molecule has 0 fully saturated rings. The fraction of sp³-hybridized carbons (Fsp3) is 1.00. The fourth-order valence-corrected chi connectivity index (χ4v) is 1.84. The lowest BCUT2D eigenvalue weighted by atomic mass is 10.4. The van der Waals surface area contributed by atoms with Crippen LogP contribution >= 0.6 is 0 Å². The molecule has 0 saturated carbocycles. The van der Waals surface area contributed by atoms with Gasteiger partial charge < -0.3 is 9.11 Å². The Balaban J connectivity index is 3.83. The maximum atomic E-state index is 5.80. The Hall–Kier alpha value is 0.187. The highest BCUT2D eigenvalue weighted by Crippen LogP contribution is 2.01. The Morgan fingerprint density at radius 2 is 1.17 bits per heavy atom. The van der Waals surface area contributed by atoms with Crippen molar-refractivity contribution in [2.45, 2.75) is 6.55 Å². The number of hydrogen-bond acceptors (Lipinski definition) is 2. The van der Waals surface area contributed by atoms with Crippen molar-refractivity contribution in [3.05, 3.63) is 0 Å². The number of nitrogens with zero attached hydrogens (tertiary/aromatic N) is 2. The van der Waals surface area contributed by atoms with Crippen molar-refractivity contribution in [3.8, 4) is 0 Å². The van der Waals surface area contributed by atoms with E-state index < -0.39 is 9.28 Å². The second-order valence-corrected chi connectivity index (χ2v) is 3.96. The predicted molar refractivity (Wildman–Crippen MR) is 59.3 cm³/mol. The molecule has 0 atom stereocenters. The van der Waals surface area contributed by atoms with Gasteiger partial charge in [0.15, 0.2) is 16.0 Å². The van der Waals surface area contributed by atoms with Gasteiger partial charge in [0, 0.05) is 0 Å². The Morgan fingerprint density at radius 3 is 1.33 bits per heavy atom. The summed E-state index contributed by atoms with van der Waals surface area (Å²) >= 11 is 0. The molecule has 7 heteroatoms. The molecule has 0 rings (SSSR count). The molecule has 0 aliphatic rings. The average Bonchev–Trinajstić information content (AvgIpc) is 1.49. The topological polar surface area (TPSA) is 18.5 Å². The van der Waals surface area contributed by atoms with Gasteiger partial charge in [-0.25, -0.2) is 0 Å². The van der Waals surface area contributed by atoms with E-state index in [1.54, 1.807) is 0 Å². The monoisotopic (exact) mass is 192 g/mol. The van der Waals surface area contributed by atoms with Gasteiger partial charge in [-0.05, 0) is 6.55 Å². The first kappa shape index (κ1) is 12.2. The summed E-state index contributed by atoms with van der Waals surface area (Å²) in [7, 11) is 7.49. The van der Waals surface area contributed by atoms with Crippen molar-refractivity contribution >= 4 is 25.2 Å². The number of hydroxylamine groups is 4. The molecule has 0 aromatic rings. The molecule has 0 aromatic heterocycles. The molecule has 12 heavy (non-hydrogen) atoms. The van der Waals surface area contributed by atoms with Gasteiger partial charge in [-0.2, -0.15) is 0 Å². The molecule has 0 amide bonds. The fourth-order valence-electron chi connectivity index (χ4n) is 0.613. The van der Waals surface area contributed by atoms with Crippen LogP contribution in [0.2, 0.25) is 6.55 Å². The highest BCUT2D eigenvalue weighted by atomic mass is 28.3. The highest BCUT2D eigenvalue weighted by molar-refractivity contribution is 6.42. The lowest BCUT2D eigenvalue weighted by Crippen LogP contribution is -2.48. The molecule has 0 N–H and O–H groups in total. The van der Waals surface area contributed by atoms with E-state index >= 15 is 0 Å². The normalized spacial score (nSPS) is 14.0. The van der Waals surface area contributed by atoms with E-state index in [-0.39, 0.29) is 16.0 Å². The summed E-state index contributed by atoms with van der Waals surface area (Å²) in [6.07, 6.45) is 0. The highest BCUT2D eigenvalue weighted by Gasteiger charge is 2.19. The minimum absolute atomic E-state index is 0.194. The molecule has 4 nitrogen and oxygen atoms in total. The summed E-state index contributed by atoms with van der Waals surface area (Å²) < 4.78 is 13.2. The largest absolute Gasteiger partial charge is 0.441 e. The van der Waals surface area contributed by atoms with Crippen LogP contribution in [0.4, 0.5) is 0 Å². The Kier molecular flexibility index (Phi) is 3.99. The van der Waals surface area contributed by atoms with Gasteiger partial charge in [0.1, 0.15) is 0 Å². The van der Waals surface area contributed by atoms with Crippen LogP contribution in [0.15, 0.2) is 0 Å². The number of rotatable bonds is 4. The zero-order valence-electron chi connectivity index (χ0n) is 7.29. The summed E-state index contributed by atoms with van der Waals surface area (Å²) in [5.41, 5.74) is 0. The molecule has 0 unspecified atom stereocenters. The Morgan fingerprint density at radius 1 is 0.917 bits per heavy atom. The molecule has 0 bridgehead atoms. The molecule has 0 saturated heterocycles. The van der Waals surface area contributed by atoms with E-state index in [2.05, 4.69) is 34.7 Å². The van der Waals surface area contributed by atoms with Crippen LogP contribution in [0.1, 0.15) is 0 Å². The van der Waals surface area contributed by atoms with Gasteiger partial charge >= 0.3 is 9.28 Å². The average molecular weight is 192 g/mol. The van der Waals surface area contributed by atoms with E-state index in [1.165, 1.54) is 0 Å². The van der Waals surface area contributed by atoms with Crippen LogP contribution in [-0.2, 0) is 9.05 Å². The van der Waals surface area contributed by atoms with Crippen molar-refractivity contribution in [3.63, 3.8) is 0 Å². The van der Waals surface area contributed by atoms with E-state index in [1.807, 2.05) is 0 Å². The lowest BCUT2D eigenvalue weighted by Gasteiger charge is -2.38. The standard InChI is InChI=1S/C5H22B2N2O2Si/c1-8(2,6)10-12(5)11-9(3,4)7/h12H,1-7H3. The maximum absolute atomic E-state index is 5.80. The molecule has 0 aliphatic heterocycles. The molecule has 0 aliphatic carbocycles. The van der Waals surface area contributed by atoms with Gasteiger partial charge in [-0.15, -0.1) is 0 Å². The molecular formula is C5H22B2N2O2Si. The third-order valence-corrected chi connectivity index (χ3v) is 2.16. The first-order chi connectivity index (χ1) is 5.10. The van der Waals surface area contributed by atoms with Gasteiger partial charge in [0.05, 0.1) is 28.2 Å². The van der Waals surface area contributed by atoms with Crippen molar-refractivity contribution in [1.29, 1.82) is 0 Å². The maximum Gasteiger partial charge on any atom is 0.441 e. The molecular weight excluding hydrogens is 170 g/mol. The van der Waals surface area contributed by atoms with Crippen molar-refractivity contribution < 1.29 is 18.2 Å². The summed E-state index contributed by atoms with van der Waals surface area (Å²) in [4.78, 5) is 0. The zero-order valence-corrected chi connectivity index (χ0v) is 8.44. The molecule has 0 radical (unpaired) electrons. The minimum atomic E-state index is -1.38. The summed E-state index contributed by atoms with van der Waals surface area (Å²) in [5, 5.41) is 0. The molecule has 0 aromatic carbocycles. The zero-order chi connectivity index (χ0) is 9.99. The molecule has 0 spiro atoms. The van der Waals surface area contributed by atoms with Crippen molar-refractivity contribution in [2.75, 3.05) is 28.2 Å². The van der Waals surface area contributed by atoms with Gasteiger partial charge in [-0.1, -0.05) is 0 Å². The quantitative estimate of drug-likeness (QED) is 0.359. The van der Waals surface area contributed by atoms with Crippen LogP contribution in [0.5, 0.6) is 0 Å².